The van der Waals surface area contributed by atoms with Gasteiger partial charge in [0.05, 0.1) is 12.2 Å². The van der Waals surface area contributed by atoms with Crippen molar-refractivity contribution in [1.82, 2.24) is 5.32 Å². The summed E-state index contributed by atoms with van der Waals surface area (Å²) in [5, 5.41) is 3.33. The zero-order chi connectivity index (χ0) is 16.7. The molecule has 1 amide bonds. The number of nitrogens with one attached hydrogen (secondary N) is 1. The van der Waals surface area contributed by atoms with Crippen molar-refractivity contribution in [2.24, 2.45) is 5.73 Å². The zero-order valence-electron chi connectivity index (χ0n) is 13.1. The van der Waals surface area contributed by atoms with Gasteiger partial charge in [-0.1, -0.05) is 48.9 Å². The average molecular weight is 333 g/mol. The van der Waals surface area contributed by atoms with Crippen molar-refractivity contribution in [3.05, 3.63) is 64.7 Å². The Kier molecular flexibility index (Phi) is 6.44. The second-order valence-corrected chi connectivity index (χ2v) is 5.65. The van der Waals surface area contributed by atoms with Gasteiger partial charge in [-0.25, -0.2) is 0 Å². The summed E-state index contributed by atoms with van der Waals surface area (Å²) >= 11 is 5.99. The van der Waals surface area contributed by atoms with Crippen LogP contribution < -0.4 is 15.8 Å². The van der Waals surface area contributed by atoms with Crippen molar-refractivity contribution in [3.8, 4) is 5.75 Å². The van der Waals surface area contributed by atoms with Gasteiger partial charge < -0.3 is 15.8 Å². The molecule has 1 unspecified atom stereocenters. The minimum Gasteiger partial charge on any atom is -0.493 e. The first-order valence-corrected chi connectivity index (χ1v) is 8.00. The van der Waals surface area contributed by atoms with Gasteiger partial charge >= 0.3 is 0 Å². The molecule has 0 aliphatic carbocycles. The molecule has 2 aromatic carbocycles. The van der Waals surface area contributed by atoms with Crippen molar-refractivity contribution < 1.29 is 9.53 Å². The number of ether oxygens (including phenoxy) is 1. The Labute approximate surface area is 141 Å². The van der Waals surface area contributed by atoms with Crippen LogP contribution >= 0.6 is 11.6 Å². The van der Waals surface area contributed by atoms with E-state index < -0.39 is 0 Å². The van der Waals surface area contributed by atoms with Crippen molar-refractivity contribution in [3.63, 3.8) is 0 Å². The summed E-state index contributed by atoms with van der Waals surface area (Å²) in [7, 11) is 0. The minimum atomic E-state index is -0.264. The number of nitrogens with two attached hydrogens (primary N) is 1. The van der Waals surface area contributed by atoms with Crippen molar-refractivity contribution in [2.75, 3.05) is 13.2 Å². The first-order valence-electron chi connectivity index (χ1n) is 7.63. The Hall–Kier alpha value is -2.04. The fraction of sp³-hybridized carbons (Fsp3) is 0.278. The van der Waals surface area contributed by atoms with E-state index in [0.717, 1.165) is 12.0 Å². The Bertz CT molecular complexity index is 647. The summed E-state index contributed by atoms with van der Waals surface area (Å²) in [6.45, 7) is 2.89. The molecule has 0 saturated carbocycles. The fourth-order valence-corrected chi connectivity index (χ4v) is 2.31. The van der Waals surface area contributed by atoms with Crippen molar-refractivity contribution in [1.29, 1.82) is 0 Å². The van der Waals surface area contributed by atoms with E-state index >= 15 is 0 Å². The monoisotopic (exact) mass is 332 g/mol. The van der Waals surface area contributed by atoms with Crippen LogP contribution in [0.1, 0.15) is 35.3 Å². The van der Waals surface area contributed by atoms with Crippen LogP contribution in [0.25, 0.3) is 0 Å². The minimum absolute atomic E-state index is 0.245. The molecule has 2 aromatic rings. The van der Waals surface area contributed by atoms with Gasteiger partial charge in [0, 0.05) is 17.6 Å². The SMILES string of the molecule is CCCOc1ccc(Cl)cc1C(=O)NCC(N)c1ccccc1. The molecule has 3 N–H and O–H groups in total. The summed E-state index contributed by atoms with van der Waals surface area (Å²) in [6, 6.07) is 14.4. The molecule has 2 rings (SSSR count). The lowest BCUT2D eigenvalue weighted by Crippen LogP contribution is -2.32. The van der Waals surface area contributed by atoms with E-state index in [4.69, 9.17) is 22.1 Å². The van der Waals surface area contributed by atoms with E-state index in [1.807, 2.05) is 37.3 Å². The Morgan fingerprint density at radius 2 is 2.00 bits per heavy atom. The second-order valence-electron chi connectivity index (χ2n) is 5.22. The van der Waals surface area contributed by atoms with E-state index in [-0.39, 0.29) is 11.9 Å². The third-order valence-electron chi connectivity index (χ3n) is 3.36. The normalized spacial score (nSPS) is 11.8. The van der Waals surface area contributed by atoms with Gasteiger partial charge in [0.15, 0.2) is 0 Å². The van der Waals surface area contributed by atoms with Crippen LogP contribution in [0.15, 0.2) is 48.5 Å². The molecule has 0 heterocycles. The molecule has 0 bridgehead atoms. The highest BCUT2D eigenvalue weighted by Gasteiger charge is 2.15. The zero-order valence-corrected chi connectivity index (χ0v) is 13.8. The number of hydrogen-bond acceptors (Lipinski definition) is 3. The van der Waals surface area contributed by atoms with Crippen LogP contribution in [0.5, 0.6) is 5.75 Å². The lowest BCUT2D eigenvalue weighted by Gasteiger charge is -2.15. The summed E-state index contributed by atoms with van der Waals surface area (Å²) in [6.07, 6.45) is 0.864. The predicted molar refractivity (Wildman–Crippen MR) is 92.9 cm³/mol. The first kappa shape index (κ1) is 17.3. The van der Waals surface area contributed by atoms with Crippen LogP contribution in [0, 0.1) is 0 Å². The summed E-state index contributed by atoms with van der Waals surface area (Å²) in [5.41, 5.74) is 7.49. The van der Waals surface area contributed by atoms with Crippen LogP contribution in [-0.4, -0.2) is 19.1 Å². The average Bonchev–Trinajstić information content (AvgIpc) is 2.59. The van der Waals surface area contributed by atoms with Crippen molar-refractivity contribution in [2.45, 2.75) is 19.4 Å². The van der Waals surface area contributed by atoms with Gasteiger partial charge in [-0.15, -0.1) is 0 Å². The topological polar surface area (TPSA) is 64.3 Å². The van der Waals surface area contributed by atoms with E-state index in [0.29, 0.717) is 29.5 Å². The number of benzene rings is 2. The highest BCUT2D eigenvalue weighted by atomic mass is 35.5. The summed E-state index contributed by atoms with van der Waals surface area (Å²) in [5.74, 6) is 0.284. The summed E-state index contributed by atoms with van der Waals surface area (Å²) in [4.78, 5) is 12.4. The number of halogens is 1. The number of amides is 1. The molecule has 23 heavy (non-hydrogen) atoms. The van der Waals surface area contributed by atoms with E-state index in [1.165, 1.54) is 0 Å². The Morgan fingerprint density at radius 3 is 2.70 bits per heavy atom. The molecular formula is C18H21ClN2O2. The van der Waals surface area contributed by atoms with Gasteiger partial charge in [0.2, 0.25) is 0 Å². The van der Waals surface area contributed by atoms with Crippen LogP contribution in [0.4, 0.5) is 0 Å². The maximum Gasteiger partial charge on any atom is 0.255 e. The maximum atomic E-state index is 12.4. The predicted octanol–water partition coefficient (Wildman–Crippen LogP) is 3.56. The first-order chi connectivity index (χ1) is 11.1. The number of rotatable bonds is 7. The maximum absolute atomic E-state index is 12.4. The van der Waals surface area contributed by atoms with Gasteiger partial charge in [0.25, 0.3) is 5.91 Å². The molecule has 5 heteroatoms. The molecule has 4 nitrogen and oxygen atoms in total. The molecule has 0 spiro atoms. The molecule has 0 aliphatic rings. The van der Waals surface area contributed by atoms with Gasteiger partial charge in [0.1, 0.15) is 5.75 Å². The Morgan fingerprint density at radius 1 is 1.26 bits per heavy atom. The fourth-order valence-electron chi connectivity index (χ4n) is 2.13. The van der Waals surface area contributed by atoms with E-state index in [9.17, 15) is 4.79 Å². The van der Waals surface area contributed by atoms with E-state index in [2.05, 4.69) is 5.32 Å². The second kappa shape index (κ2) is 8.56. The number of carbonyl (C=O) groups is 1. The molecule has 122 valence electrons. The molecule has 0 aliphatic heterocycles. The Balaban J connectivity index is 2.04. The lowest BCUT2D eigenvalue weighted by atomic mass is 10.1. The van der Waals surface area contributed by atoms with Gasteiger partial charge in [-0.3, -0.25) is 4.79 Å². The van der Waals surface area contributed by atoms with E-state index in [1.54, 1.807) is 18.2 Å². The van der Waals surface area contributed by atoms with Gasteiger partial charge in [-0.2, -0.15) is 0 Å². The molecule has 1 atom stereocenters. The highest BCUT2D eigenvalue weighted by molar-refractivity contribution is 6.31. The number of carbonyl (C=O) groups excluding carboxylic acids is 1. The smallest absolute Gasteiger partial charge is 0.255 e. The third kappa shape index (κ3) is 4.98. The molecule has 0 radical (unpaired) electrons. The lowest BCUT2D eigenvalue weighted by molar-refractivity contribution is 0.0947. The van der Waals surface area contributed by atoms with Crippen LogP contribution in [-0.2, 0) is 0 Å². The van der Waals surface area contributed by atoms with Gasteiger partial charge in [-0.05, 0) is 30.2 Å². The van der Waals surface area contributed by atoms with Crippen LogP contribution in [0.3, 0.4) is 0 Å². The van der Waals surface area contributed by atoms with Crippen molar-refractivity contribution >= 4 is 17.5 Å². The summed E-state index contributed by atoms with van der Waals surface area (Å²) < 4.78 is 5.60. The largest absolute Gasteiger partial charge is 0.493 e. The molecule has 0 aromatic heterocycles. The highest BCUT2D eigenvalue weighted by Crippen LogP contribution is 2.23. The quantitative estimate of drug-likeness (QED) is 0.814. The molecule has 0 saturated heterocycles. The molecular weight excluding hydrogens is 312 g/mol. The number of hydrogen-bond donors (Lipinski definition) is 2. The van der Waals surface area contributed by atoms with Crippen LogP contribution in [0.2, 0.25) is 5.02 Å². The molecule has 0 fully saturated rings. The standard InChI is InChI=1S/C18H21ClN2O2/c1-2-10-23-17-9-8-14(19)11-15(17)18(22)21-12-16(20)13-6-4-3-5-7-13/h3-9,11,16H,2,10,12,20H2,1H3,(H,21,22). The third-order valence-corrected chi connectivity index (χ3v) is 3.59.